The molecule has 136 valence electrons. The first kappa shape index (κ1) is 17.9. The Morgan fingerprint density at radius 1 is 1.44 bits per heavy atom. The first-order valence-corrected chi connectivity index (χ1v) is 9.51. The van der Waals surface area contributed by atoms with Crippen LogP contribution in [-0.4, -0.2) is 50.2 Å². The van der Waals surface area contributed by atoms with Crippen LogP contribution in [0, 0.1) is 12.8 Å². The minimum atomic E-state index is -0.570. The van der Waals surface area contributed by atoms with Crippen LogP contribution < -0.4 is 5.32 Å². The van der Waals surface area contributed by atoms with Gasteiger partial charge in [0.25, 0.3) is 0 Å². The third-order valence-electron chi connectivity index (χ3n) is 4.87. The zero-order valence-corrected chi connectivity index (χ0v) is 15.5. The lowest BCUT2D eigenvalue weighted by Gasteiger charge is -2.34. The van der Waals surface area contributed by atoms with Crippen LogP contribution in [0.2, 0.25) is 0 Å². The minimum Gasteiger partial charge on any atom is -0.385 e. The lowest BCUT2D eigenvalue weighted by atomic mass is 9.91. The molecular weight excluding hydrogens is 338 g/mol. The van der Waals surface area contributed by atoms with Crippen molar-refractivity contribution in [2.45, 2.75) is 32.3 Å². The van der Waals surface area contributed by atoms with Gasteiger partial charge in [-0.1, -0.05) is 0 Å². The molecule has 0 radical (unpaired) electrons. The maximum atomic E-state index is 12.3. The van der Waals surface area contributed by atoms with Crippen molar-refractivity contribution >= 4 is 17.4 Å². The number of carbonyl (C=O) groups is 1. The van der Waals surface area contributed by atoms with Crippen molar-refractivity contribution in [1.29, 1.82) is 0 Å². The number of hydrogen-bond donors (Lipinski definition) is 2. The van der Waals surface area contributed by atoms with Gasteiger partial charge in [-0.25, -0.2) is 14.8 Å². The number of thiazole rings is 1. The Bertz CT molecular complexity index is 705. The van der Waals surface area contributed by atoms with E-state index >= 15 is 0 Å². The smallest absolute Gasteiger partial charge is 0.317 e. The van der Waals surface area contributed by atoms with Gasteiger partial charge in [0.2, 0.25) is 0 Å². The normalized spacial score (nSPS) is 16.8. The highest BCUT2D eigenvalue weighted by Crippen LogP contribution is 2.29. The summed E-state index contributed by atoms with van der Waals surface area (Å²) in [4.78, 5) is 23.8. The largest absolute Gasteiger partial charge is 0.385 e. The van der Waals surface area contributed by atoms with E-state index < -0.39 is 6.10 Å². The van der Waals surface area contributed by atoms with Crippen LogP contribution in [0.5, 0.6) is 0 Å². The topological polar surface area (TPSA) is 83.3 Å². The van der Waals surface area contributed by atoms with Gasteiger partial charge in [-0.3, -0.25) is 0 Å². The highest BCUT2D eigenvalue weighted by Gasteiger charge is 2.29. The van der Waals surface area contributed by atoms with E-state index in [0.717, 1.165) is 25.0 Å². The van der Waals surface area contributed by atoms with E-state index in [1.54, 1.807) is 17.5 Å². The molecule has 0 aromatic carbocycles. The van der Waals surface area contributed by atoms with Gasteiger partial charge in [0.05, 0.1) is 11.2 Å². The van der Waals surface area contributed by atoms with Crippen LogP contribution in [0.15, 0.2) is 17.9 Å². The molecule has 7 nitrogen and oxygen atoms in total. The molecule has 25 heavy (non-hydrogen) atoms. The van der Waals surface area contributed by atoms with E-state index in [4.69, 9.17) is 0 Å². The number of rotatable bonds is 5. The fraction of sp³-hybridized carbons (Fsp3) is 0.588. The number of hydrogen-bond acceptors (Lipinski definition) is 5. The summed E-state index contributed by atoms with van der Waals surface area (Å²) in [5.74, 6) is 0.841. The standard InChI is InChI=1S/C17H25N5O2S/c1-12-14(25-11-20-12)3-6-19-17(24)22-8-4-13(5-9-22)15(23)16-18-7-10-21(16)2/h7,10-11,13,15,23H,3-6,8-9H2,1-2H3,(H,19,24). The van der Waals surface area contributed by atoms with Crippen molar-refractivity contribution < 1.29 is 9.90 Å². The molecule has 1 fully saturated rings. The zero-order chi connectivity index (χ0) is 17.8. The third kappa shape index (κ3) is 4.19. The molecule has 2 amide bonds. The van der Waals surface area contributed by atoms with Crippen molar-refractivity contribution in [3.8, 4) is 0 Å². The van der Waals surface area contributed by atoms with E-state index in [0.29, 0.717) is 25.5 Å². The molecule has 2 aromatic heterocycles. The predicted molar refractivity (Wildman–Crippen MR) is 96.4 cm³/mol. The maximum absolute atomic E-state index is 12.3. The summed E-state index contributed by atoms with van der Waals surface area (Å²) in [5.41, 5.74) is 2.88. The summed E-state index contributed by atoms with van der Waals surface area (Å²) in [5, 5.41) is 13.5. The number of likely N-dealkylation sites (tertiary alicyclic amines) is 1. The number of nitrogens with zero attached hydrogens (tertiary/aromatic N) is 4. The van der Waals surface area contributed by atoms with E-state index in [1.807, 2.05) is 35.1 Å². The monoisotopic (exact) mass is 363 g/mol. The SMILES string of the molecule is Cc1ncsc1CCNC(=O)N1CCC(C(O)c2nccn2C)CC1. The maximum Gasteiger partial charge on any atom is 0.317 e. The fourth-order valence-electron chi connectivity index (χ4n) is 3.25. The molecule has 0 bridgehead atoms. The first-order valence-electron chi connectivity index (χ1n) is 8.63. The van der Waals surface area contributed by atoms with Crippen LogP contribution in [0.3, 0.4) is 0 Å². The number of imidazole rings is 1. The number of aryl methyl sites for hydroxylation is 2. The Balaban J connectivity index is 1.43. The molecule has 0 saturated carbocycles. The van der Waals surface area contributed by atoms with Gasteiger partial charge < -0.3 is 19.9 Å². The Labute approximate surface area is 151 Å². The zero-order valence-electron chi connectivity index (χ0n) is 14.7. The summed E-state index contributed by atoms with van der Waals surface area (Å²) in [6.45, 7) is 3.94. The predicted octanol–water partition coefficient (Wildman–Crippen LogP) is 1.88. The molecule has 2 aromatic rings. The molecule has 0 spiro atoms. The second-order valence-electron chi connectivity index (χ2n) is 6.51. The van der Waals surface area contributed by atoms with Gasteiger partial charge in [-0.15, -0.1) is 11.3 Å². The molecule has 3 heterocycles. The van der Waals surface area contributed by atoms with Gasteiger partial charge >= 0.3 is 6.03 Å². The number of piperidine rings is 1. The highest BCUT2D eigenvalue weighted by atomic mass is 32.1. The van der Waals surface area contributed by atoms with Crippen molar-refractivity contribution in [2.24, 2.45) is 13.0 Å². The molecule has 0 aliphatic carbocycles. The Morgan fingerprint density at radius 3 is 2.80 bits per heavy atom. The summed E-state index contributed by atoms with van der Waals surface area (Å²) in [6.07, 6.45) is 5.36. The van der Waals surface area contributed by atoms with E-state index in [9.17, 15) is 9.90 Å². The van der Waals surface area contributed by atoms with E-state index in [-0.39, 0.29) is 11.9 Å². The Kier molecular flexibility index (Phi) is 5.70. The molecule has 1 aliphatic heterocycles. The summed E-state index contributed by atoms with van der Waals surface area (Å²) in [6, 6.07) is -0.0212. The number of urea groups is 1. The Hall–Kier alpha value is -1.93. The first-order chi connectivity index (χ1) is 12.1. The molecule has 1 atom stereocenters. The average Bonchev–Trinajstić information content (AvgIpc) is 3.23. The summed E-state index contributed by atoms with van der Waals surface area (Å²) < 4.78 is 1.85. The molecular formula is C17H25N5O2S. The van der Waals surface area contributed by atoms with Gasteiger partial charge in [-0.2, -0.15) is 0 Å². The van der Waals surface area contributed by atoms with Gasteiger partial charge in [0.15, 0.2) is 0 Å². The van der Waals surface area contributed by atoms with Crippen molar-refractivity contribution in [1.82, 2.24) is 24.8 Å². The lowest BCUT2D eigenvalue weighted by Crippen LogP contribution is -2.45. The second kappa shape index (κ2) is 7.97. The average molecular weight is 363 g/mol. The molecule has 1 unspecified atom stereocenters. The van der Waals surface area contributed by atoms with Crippen LogP contribution in [0.1, 0.15) is 35.3 Å². The quantitative estimate of drug-likeness (QED) is 0.850. The second-order valence-corrected chi connectivity index (χ2v) is 7.45. The lowest BCUT2D eigenvalue weighted by molar-refractivity contribution is 0.0584. The highest BCUT2D eigenvalue weighted by molar-refractivity contribution is 7.09. The number of aliphatic hydroxyl groups excluding tert-OH is 1. The number of aromatic nitrogens is 3. The molecule has 1 saturated heterocycles. The van der Waals surface area contributed by atoms with Gasteiger partial charge in [-0.05, 0) is 25.7 Å². The summed E-state index contributed by atoms with van der Waals surface area (Å²) >= 11 is 1.63. The fourth-order valence-corrected chi connectivity index (χ4v) is 4.03. The van der Waals surface area contributed by atoms with Crippen molar-refractivity contribution in [3.05, 3.63) is 34.3 Å². The van der Waals surface area contributed by atoms with Crippen LogP contribution >= 0.6 is 11.3 Å². The van der Waals surface area contributed by atoms with Crippen LogP contribution in [-0.2, 0) is 13.5 Å². The third-order valence-corrected chi connectivity index (χ3v) is 5.86. The van der Waals surface area contributed by atoms with Crippen molar-refractivity contribution in [3.63, 3.8) is 0 Å². The van der Waals surface area contributed by atoms with E-state index in [1.165, 1.54) is 4.88 Å². The summed E-state index contributed by atoms with van der Waals surface area (Å²) in [7, 11) is 1.89. The Morgan fingerprint density at radius 2 is 2.20 bits per heavy atom. The number of amides is 2. The molecule has 3 rings (SSSR count). The number of carbonyl (C=O) groups excluding carboxylic acids is 1. The van der Waals surface area contributed by atoms with Crippen molar-refractivity contribution in [2.75, 3.05) is 19.6 Å². The van der Waals surface area contributed by atoms with Gasteiger partial charge in [0.1, 0.15) is 11.9 Å². The van der Waals surface area contributed by atoms with Crippen LogP contribution in [0.25, 0.3) is 0 Å². The van der Waals surface area contributed by atoms with E-state index in [2.05, 4.69) is 15.3 Å². The number of nitrogens with one attached hydrogen (secondary N) is 1. The van der Waals surface area contributed by atoms with Gasteiger partial charge in [0, 0.05) is 50.4 Å². The molecule has 1 aliphatic rings. The molecule has 8 heteroatoms. The minimum absolute atomic E-state index is 0.0212. The molecule has 2 N–H and O–H groups in total. The number of aliphatic hydroxyl groups is 1. The van der Waals surface area contributed by atoms with Crippen LogP contribution in [0.4, 0.5) is 4.79 Å².